The predicted molar refractivity (Wildman–Crippen MR) is 219 cm³/mol. The number of amides is 4. The van der Waals surface area contributed by atoms with Gasteiger partial charge in [0.2, 0.25) is 17.7 Å². The number of hydrogen-bond acceptors (Lipinski definition) is 12. The summed E-state index contributed by atoms with van der Waals surface area (Å²) in [5.41, 5.74) is -1.48. The third-order valence-corrected chi connectivity index (χ3v) is 11.5. The number of ether oxygens (including phenoxy) is 1. The van der Waals surface area contributed by atoms with Gasteiger partial charge in [-0.1, -0.05) is 19.9 Å². The molecule has 3 atom stereocenters. The van der Waals surface area contributed by atoms with E-state index in [0.717, 1.165) is 42.2 Å². The van der Waals surface area contributed by atoms with Crippen molar-refractivity contribution in [3.8, 4) is 11.8 Å². The molecule has 4 amide bonds. The Balaban J connectivity index is 1.03. The van der Waals surface area contributed by atoms with Gasteiger partial charge in [0.25, 0.3) is 5.91 Å². The van der Waals surface area contributed by atoms with E-state index in [1.807, 2.05) is 18.2 Å². The highest BCUT2D eigenvalue weighted by atomic mass is 32.1. The summed E-state index contributed by atoms with van der Waals surface area (Å²) in [6.45, 7) is 11.7. The molecular weight excluding hydrogens is 788 g/mol. The normalized spacial score (nSPS) is 20.6. The lowest BCUT2D eigenvalue weighted by atomic mass is 9.95. The Kier molecular flexibility index (Phi) is 13.1. The van der Waals surface area contributed by atoms with Crippen molar-refractivity contribution in [2.45, 2.75) is 76.1 Å². The Morgan fingerprint density at radius 3 is 2.46 bits per heavy atom. The Morgan fingerprint density at radius 1 is 1.07 bits per heavy atom. The monoisotopic (exact) mass is 835 g/mol. The van der Waals surface area contributed by atoms with Gasteiger partial charge in [-0.2, -0.15) is 18.4 Å². The fraction of sp³-hybridized carbons (Fsp3) is 0.463. The van der Waals surface area contributed by atoms with Gasteiger partial charge in [-0.25, -0.2) is 4.98 Å². The second-order valence-corrected chi connectivity index (χ2v) is 15.9. The summed E-state index contributed by atoms with van der Waals surface area (Å²) >= 11 is 4.73. The van der Waals surface area contributed by atoms with E-state index in [1.54, 1.807) is 43.0 Å². The first-order valence-corrected chi connectivity index (χ1v) is 20.0. The quantitative estimate of drug-likeness (QED) is 0.133. The van der Waals surface area contributed by atoms with Gasteiger partial charge in [-0.15, -0.1) is 12.6 Å². The number of piperidine rings is 1. The first-order valence-electron chi connectivity index (χ1n) is 19.5. The molecule has 1 aromatic heterocycles. The van der Waals surface area contributed by atoms with Crippen molar-refractivity contribution in [1.82, 2.24) is 20.1 Å². The van der Waals surface area contributed by atoms with Gasteiger partial charge in [0.15, 0.2) is 11.2 Å². The second kappa shape index (κ2) is 17.9. The minimum atomic E-state index is -4.84. The molecule has 4 heterocycles. The third kappa shape index (κ3) is 9.75. The molecule has 0 radical (unpaired) electrons. The average Bonchev–Trinajstić information content (AvgIpc) is 3.37. The lowest BCUT2D eigenvalue weighted by Gasteiger charge is -2.35. The standard InChI is InChI=1S/C41H48F3N9O5S/c1-5-25(2)30-20-28(53-39(59)52(38(57)40(53,3)4)29-21-31(41(42,43)44)33(22-45)46-23-29)9-11-34(30)58-18-17-50-13-15-51(16-14-50)24-36(55)48-27-8-6-7-26(19-27)47-32-10-12-35(54)49-37(32)56/h6-9,11,19-21,23,25,32,39,47,59H,5,10,12-18,24H2,1-4H3,(H,48,55)(H,49,54,56). The highest BCUT2D eigenvalue weighted by Gasteiger charge is 2.52. The fourth-order valence-corrected chi connectivity index (χ4v) is 8.17. The van der Waals surface area contributed by atoms with Crippen molar-refractivity contribution < 1.29 is 37.1 Å². The van der Waals surface area contributed by atoms with Crippen molar-refractivity contribution in [1.29, 1.82) is 5.26 Å². The Morgan fingerprint density at radius 2 is 1.78 bits per heavy atom. The molecule has 18 heteroatoms. The van der Waals surface area contributed by atoms with Crippen LogP contribution in [-0.2, 0) is 25.4 Å². The molecule has 3 fully saturated rings. The molecular formula is C41H48F3N9O5S. The van der Waals surface area contributed by atoms with Crippen molar-refractivity contribution in [2.75, 3.05) is 66.3 Å². The zero-order valence-electron chi connectivity index (χ0n) is 33.3. The van der Waals surface area contributed by atoms with Crippen LogP contribution in [0.5, 0.6) is 5.75 Å². The lowest BCUT2D eigenvalue weighted by molar-refractivity contribution is -0.138. The van der Waals surface area contributed by atoms with Gasteiger partial charge < -0.3 is 20.3 Å². The maximum absolute atomic E-state index is 13.8. The number of rotatable bonds is 13. The molecule has 59 heavy (non-hydrogen) atoms. The summed E-state index contributed by atoms with van der Waals surface area (Å²) in [5, 5.41) is 17.6. The van der Waals surface area contributed by atoms with Crippen LogP contribution >= 0.6 is 12.6 Å². The van der Waals surface area contributed by atoms with Crippen LogP contribution < -0.4 is 30.5 Å². The van der Waals surface area contributed by atoms with Crippen LogP contribution in [0.2, 0.25) is 0 Å². The number of alkyl halides is 3. The van der Waals surface area contributed by atoms with Crippen LogP contribution in [0.15, 0.2) is 54.7 Å². The average molecular weight is 836 g/mol. The molecule has 3 saturated heterocycles. The van der Waals surface area contributed by atoms with Crippen molar-refractivity contribution in [3.63, 3.8) is 0 Å². The highest BCUT2D eigenvalue weighted by molar-refractivity contribution is 7.81. The van der Waals surface area contributed by atoms with Gasteiger partial charge in [-0.3, -0.25) is 39.2 Å². The first kappa shape index (κ1) is 43.2. The van der Waals surface area contributed by atoms with Crippen molar-refractivity contribution >= 4 is 59.0 Å². The molecule has 0 bridgehead atoms. The predicted octanol–water partition coefficient (Wildman–Crippen LogP) is 5.18. The molecule has 0 aliphatic carbocycles. The van der Waals surface area contributed by atoms with E-state index in [4.69, 9.17) is 17.4 Å². The van der Waals surface area contributed by atoms with Crippen LogP contribution in [0.4, 0.5) is 35.9 Å². The summed E-state index contributed by atoms with van der Waals surface area (Å²) in [6.07, 6.45) is -2.30. The van der Waals surface area contributed by atoms with E-state index in [-0.39, 0.29) is 42.3 Å². The summed E-state index contributed by atoms with van der Waals surface area (Å²) in [6, 6.07) is 14.4. The van der Waals surface area contributed by atoms with Crippen LogP contribution in [0.25, 0.3) is 0 Å². The third-order valence-electron chi connectivity index (χ3n) is 11.0. The number of piperazine rings is 1. The molecule has 14 nitrogen and oxygen atoms in total. The van der Waals surface area contributed by atoms with Crippen molar-refractivity contribution in [3.05, 3.63) is 71.5 Å². The maximum Gasteiger partial charge on any atom is 0.419 e. The van der Waals surface area contributed by atoms with E-state index in [0.29, 0.717) is 55.5 Å². The number of halogens is 3. The Hall–Kier alpha value is -5.38. The number of pyridine rings is 1. The zero-order chi connectivity index (χ0) is 42.6. The molecule has 3 aliphatic rings. The number of hydrogen-bond donors (Lipinski definition) is 4. The largest absolute Gasteiger partial charge is 0.492 e. The minimum absolute atomic E-state index is 0.0803. The Bertz CT molecular complexity index is 2120. The topological polar surface area (TPSA) is 163 Å². The number of carbonyl (C=O) groups excluding carboxylic acids is 4. The number of imide groups is 1. The highest BCUT2D eigenvalue weighted by Crippen LogP contribution is 2.43. The van der Waals surface area contributed by atoms with E-state index in [2.05, 4.69) is 44.6 Å². The molecule has 3 N–H and O–H groups in total. The van der Waals surface area contributed by atoms with E-state index in [1.165, 1.54) is 6.07 Å². The number of thiol groups is 1. The maximum atomic E-state index is 13.8. The minimum Gasteiger partial charge on any atom is -0.492 e. The molecule has 6 rings (SSSR count). The molecule has 0 spiro atoms. The molecule has 314 valence electrons. The van der Waals surface area contributed by atoms with Gasteiger partial charge in [0.05, 0.1) is 24.0 Å². The molecule has 3 aliphatic heterocycles. The summed E-state index contributed by atoms with van der Waals surface area (Å²) in [4.78, 5) is 61.3. The fourth-order valence-electron chi connectivity index (χ4n) is 7.50. The number of aromatic nitrogens is 1. The summed E-state index contributed by atoms with van der Waals surface area (Å²) < 4.78 is 47.7. The zero-order valence-corrected chi connectivity index (χ0v) is 34.2. The number of benzene rings is 2. The summed E-state index contributed by atoms with van der Waals surface area (Å²) in [7, 11) is 0. The number of anilines is 4. The van der Waals surface area contributed by atoms with Gasteiger partial charge in [0, 0.05) is 56.2 Å². The van der Waals surface area contributed by atoms with Crippen LogP contribution in [0.1, 0.15) is 69.7 Å². The molecule has 0 saturated carbocycles. The molecule has 2 aromatic carbocycles. The van der Waals surface area contributed by atoms with Crippen LogP contribution in [0, 0.1) is 11.3 Å². The van der Waals surface area contributed by atoms with E-state index >= 15 is 0 Å². The number of nitrogens with one attached hydrogen (secondary N) is 3. The first-order chi connectivity index (χ1) is 28.0. The van der Waals surface area contributed by atoms with E-state index < -0.39 is 40.4 Å². The lowest BCUT2D eigenvalue weighted by Crippen LogP contribution is -2.49. The van der Waals surface area contributed by atoms with Gasteiger partial charge in [-0.05, 0) is 80.6 Å². The number of nitriles is 1. The smallest absolute Gasteiger partial charge is 0.419 e. The second-order valence-electron chi connectivity index (χ2n) is 15.4. The van der Waals surface area contributed by atoms with E-state index in [9.17, 15) is 37.6 Å². The van der Waals surface area contributed by atoms with Crippen LogP contribution in [0.3, 0.4) is 0 Å². The van der Waals surface area contributed by atoms with Gasteiger partial charge >= 0.3 is 6.18 Å². The van der Waals surface area contributed by atoms with Crippen molar-refractivity contribution in [2.24, 2.45) is 0 Å². The van der Waals surface area contributed by atoms with Crippen LogP contribution in [-0.4, -0.2) is 101 Å². The number of nitrogens with zero attached hydrogens (tertiary/aromatic N) is 6. The Labute approximate surface area is 346 Å². The molecule has 3 unspecified atom stereocenters. The number of carbonyl (C=O) groups is 4. The molecule has 3 aromatic rings. The van der Waals surface area contributed by atoms with Gasteiger partial charge in [0.1, 0.15) is 30.0 Å². The summed E-state index contributed by atoms with van der Waals surface area (Å²) in [5.74, 6) is -0.508. The SMILES string of the molecule is CCC(C)c1cc(N2C(S)N(c3cnc(C#N)c(C(F)(F)F)c3)C(=O)C2(C)C)ccc1OCCN1CCN(CC(=O)Nc2cccc(NC3CCC(=O)NC3=O)c2)CC1.